The zero-order valence-electron chi connectivity index (χ0n) is 14.8. The van der Waals surface area contributed by atoms with Gasteiger partial charge in [-0.15, -0.1) is 11.3 Å². The van der Waals surface area contributed by atoms with Crippen molar-refractivity contribution in [2.75, 3.05) is 24.0 Å². The van der Waals surface area contributed by atoms with Crippen LogP contribution in [0.5, 0.6) is 0 Å². The third-order valence-corrected chi connectivity index (χ3v) is 6.87. The van der Waals surface area contributed by atoms with Crippen LogP contribution in [0.1, 0.15) is 23.8 Å². The molecule has 1 aliphatic rings. The molecule has 0 bridgehead atoms. The van der Waals surface area contributed by atoms with E-state index in [-0.39, 0.29) is 0 Å². The maximum Gasteiger partial charge on any atom is 0.164 e. The van der Waals surface area contributed by atoms with E-state index in [1.807, 2.05) is 41.4 Å². The van der Waals surface area contributed by atoms with Crippen LogP contribution in [0.25, 0.3) is 21.6 Å². The van der Waals surface area contributed by atoms with E-state index in [1.54, 1.807) is 6.20 Å². The summed E-state index contributed by atoms with van der Waals surface area (Å²) in [5.74, 6) is 2.93. The number of anilines is 1. The van der Waals surface area contributed by atoms with E-state index in [2.05, 4.69) is 30.1 Å². The molecule has 0 N–H and O–H groups in total. The van der Waals surface area contributed by atoms with Gasteiger partial charge in [0.25, 0.3) is 0 Å². The summed E-state index contributed by atoms with van der Waals surface area (Å²) >= 11 is 3.72. The Balaban J connectivity index is 1.91. The Morgan fingerprint density at radius 2 is 2.20 bits per heavy atom. The standard InChI is InChI=1S/C19H22N4S2/c1-12(11-24-3)23(2)18-16-14-7-4-8-15(14)25-19(16)22-17(21-18)13-6-5-9-20-10-13/h5-6,9-10,12H,4,7-8,11H2,1-3H3. The topological polar surface area (TPSA) is 41.9 Å². The van der Waals surface area contributed by atoms with Gasteiger partial charge < -0.3 is 4.90 Å². The van der Waals surface area contributed by atoms with Gasteiger partial charge in [-0.1, -0.05) is 0 Å². The lowest BCUT2D eigenvalue weighted by Crippen LogP contribution is -2.32. The number of aromatic nitrogens is 3. The number of thiophene rings is 1. The van der Waals surface area contributed by atoms with Gasteiger partial charge in [-0.3, -0.25) is 4.98 Å². The van der Waals surface area contributed by atoms with E-state index in [0.717, 1.165) is 34.2 Å². The normalized spacial score (nSPS) is 14.7. The average Bonchev–Trinajstić information content (AvgIpc) is 3.22. The molecule has 3 aromatic rings. The quantitative estimate of drug-likeness (QED) is 0.664. The molecule has 0 aromatic carbocycles. The summed E-state index contributed by atoms with van der Waals surface area (Å²) in [6.07, 6.45) is 9.38. The Bertz CT molecular complexity index is 891. The van der Waals surface area contributed by atoms with Crippen LogP contribution in [0.3, 0.4) is 0 Å². The molecule has 0 fully saturated rings. The second-order valence-electron chi connectivity index (χ2n) is 6.57. The van der Waals surface area contributed by atoms with E-state index in [0.29, 0.717) is 6.04 Å². The molecule has 0 amide bonds. The highest BCUT2D eigenvalue weighted by molar-refractivity contribution is 7.98. The predicted octanol–water partition coefficient (Wildman–Crippen LogP) is 4.43. The van der Waals surface area contributed by atoms with Crippen molar-refractivity contribution in [3.05, 3.63) is 35.0 Å². The molecule has 0 spiro atoms. The molecule has 1 aliphatic carbocycles. The SMILES string of the molecule is CSCC(C)N(C)c1nc(-c2cccnc2)nc2sc3c(c12)CCC3. The Morgan fingerprint density at radius 3 is 2.96 bits per heavy atom. The summed E-state index contributed by atoms with van der Waals surface area (Å²) in [6, 6.07) is 4.40. The molecular weight excluding hydrogens is 348 g/mol. The lowest BCUT2D eigenvalue weighted by atomic mass is 10.1. The lowest BCUT2D eigenvalue weighted by molar-refractivity contribution is 0.756. The maximum absolute atomic E-state index is 5.00. The van der Waals surface area contributed by atoms with Crippen molar-refractivity contribution < 1.29 is 0 Å². The molecule has 6 heteroatoms. The van der Waals surface area contributed by atoms with Crippen molar-refractivity contribution in [2.45, 2.75) is 32.2 Å². The second-order valence-corrected chi connectivity index (χ2v) is 8.56. The highest BCUT2D eigenvalue weighted by Crippen LogP contribution is 2.41. The van der Waals surface area contributed by atoms with E-state index in [9.17, 15) is 0 Å². The number of nitrogens with zero attached hydrogens (tertiary/aromatic N) is 4. The minimum Gasteiger partial charge on any atom is -0.355 e. The smallest absolute Gasteiger partial charge is 0.164 e. The van der Waals surface area contributed by atoms with Crippen molar-refractivity contribution in [2.24, 2.45) is 0 Å². The van der Waals surface area contributed by atoms with Gasteiger partial charge in [-0.25, -0.2) is 9.97 Å². The van der Waals surface area contributed by atoms with E-state index in [1.165, 1.54) is 28.7 Å². The van der Waals surface area contributed by atoms with Crippen molar-refractivity contribution in [3.63, 3.8) is 0 Å². The van der Waals surface area contributed by atoms with Crippen LogP contribution in [-0.2, 0) is 12.8 Å². The van der Waals surface area contributed by atoms with Gasteiger partial charge in [0.2, 0.25) is 0 Å². The second kappa shape index (κ2) is 6.92. The number of pyridine rings is 1. The average molecular weight is 371 g/mol. The molecule has 0 aliphatic heterocycles. The molecule has 3 aromatic heterocycles. The first-order valence-electron chi connectivity index (χ1n) is 8.63. The van der Waals surface area contributed by atoms with Crippen LogP contribution in [0.15, 0.2) is 24.5 Å². The molecule has 130 valence electrons. The summed E-state index contributed by atoms with van der Waals surface area (Å²) in [5.41, 5.74) is 2.46. The number of rotatable bonds is 5. The summed E-state index contributed by atoms with van der Waals surface area (Å²) in [5, 5.41) is 1.28. The summed E-state index contributed by atoms with van der Waals surface area (Å²) < 4.78 is 0. The lowest BCUT2D eigenvalue weighted by Gasteiger charge is -2.26. The fraction of sp³-hybridized carbons (Fsp3) is 0.421. The zero-order valence-corrected chi connectivity index (χ0v) is 16.5. The van der Waals surface area contributed by atoms with Gasteiger partial charge >= 0.3 is 0 Å². The van der Waals surface area contributed by atoms with Crippen molar-refractivity contribution in [3.8, 4) is 11.4 Å². The minimum absolute atomic E-state index is 0.423. The van der Waals surface area contributed by atoms with Gasteiger partial charge in [-0.2, -0.15) is 11.8 Å². The third-order valence-electron chi connectivity index (χ3n) is 4.87. The fourth-order valence-corrected chi connectivity index (χ4v) is 5.38. The predicted molar refractivity (Wildman–Crippen MR) is 109 cm³/mol. The first-order chi connectivity index (χ1) is 12.2. The van der Waals surface area contributed by atoms with E-state index >= 15 is 0 Å². The van der Waals surface area contributed by atoms with Crippen LogP contribution in [-0.4, -0.2) is 40.1 Å². The Morgan fingerprint density at radius 1 is 1.32 bits per heavy atom. The number of hydrogen-bond acceptors (Lipinski definition) is 6. The van der Waals surface area contributed by atoms with Crippen LogP contribution < -0.4 is 4.90 Å². The zero-order chi connectivity index (χ0) is 17.4. The Labute approximate surface area is 156 Å². The Hall–Kier alpha value is -1.66. The molecular formula is C19H22N4S2. The van der Waals surface area contributed by atoms with Crippen LogP contribution in [0, 0.1) is 0 Å². The molecule has 1 atom stereocenters. The Kier molecular flexibility index (Phi) is 4.65. The molecule has 1 unspecified atom stereocenters. The maximum atomic E-state index is 5.00. The summed E-state index contributed by atoms with van der Waals surface area (Å²) in [7, 11) is 2.16. The van der Waals surface area contributed by atoms with Crippen molar-refractivity contribution >= 4 is 39.1 Å². The minimum atomic E-state index is 0.423. The van der Waals surface area contributed by atoms with Gasteiger partial charge in [0.15, 0.2) is 5.82 Å². The van der Waals surface area contributed by atoms with Gasteiger partial charge in [0.05, 0.1) is 5.39 Å². The van der Waals surface area contributed by atoms with Crippen LogP contribution in [0.2, 0.25) is 0 Å². The number of fused-ring (bicyclic) bond motifs is 3. The molecule has 3 heterocycles. The van der Waals surface area contributed by atoms with Crippen molar-refractivity contribution in [1.82, 2.24) is 15.0 Å². The van der Waals surface area contributed by atoms with Gasteiger partial charge in [-0.05, 0) is 50.1 Å². The van der Waals surface area contributed by atoms with Gasteiger partial charge in [0.1, 0.15) is 10.6 Å². The fourth-order valence-electron chi connectivity index (χ4n) is 3.42. The summed E-state index contributed by atoms with van der Waals surface area (Å²) in [6.45, 7) is 2.26. The third kappa shape index (κ3) is 3.02. The largest absolute Gasteiger partial charge is 0.355 e. The molecule has 25 heavy (non-hydrogen) atoms. The highest BCUT2D eigenvalue weighted by Gasteiger charge is 2.25. The van der Waals surface area contributed by atoms with E-state index < -0.39 is 0 Å². The number of thioether (sulfide) groups is 1. The molecule has 0 saturated heterocycles. The van der Waals surface area contributed by atoms with Crippen LogP contribution >= 0.6 is 23.1 Å². The van der Waals surface area contributed by atoms with Crippen molar-refractivity contribution in [1.29, 1.82) is 0 Å². The molecule has 0 saturated carbocycles. The highest BCUT2D eigenvalue weighted by atomic mass is 32.2. The first kappa shape index (κ1) is 16.8. The number of hydrogen-bond donors (Lipinski definition) is 0. The monoisotopic (exact) mass is 370 g/mol. The van der Waals surface area contributed by atoms with Gasteiger partial charge in [0, 0.05) is 41.7 Å². The van der Waals surface area contributed by atoms with Crippen LogP contribution in [0.4, 0.5) is 5.82 Å². The summed E-state index contributed by atoms with van der Waals surface area (Å²) in [4.78, 5) is 19.1. The first-order valence-corrected chi connectivity index (χ1v) is 10.8. The molecule has 4 rings (SSSR count). The molecule has 4 nitrogen and oxygen atoms in total. The number of aryl methyl sites for hydroxylation is 2. The van der Waals surface area contributed by atoms with E-state index in [4.69, 9.17) is 9.97 Å². The molecule has 0 radical (unpaired) electrons.